The summed E-state index contributed by atoms with van der Waals surface area (Å²) in [5.41, 5.74) is 0. The van der Waals surface area contributed by atoms with Crippen molar-refractivity contribution in [1.82, 2.24) is 5.32 Å². The van der Waals surface area contributed by atoms with Crippen LogP contribution in [0.5, 0.6) is 0 Å². The molecule has 1 saturated heterocycles. The molecule has 18 heavy (non-hydrogen) atoms. The summed E-state index contributed by atoms with van der Waals surface area (Å²) in [4.78, 5) is 33.3. The molecule has 100 valence electrons. The van der Waals surface area contributed by atoms with Crippen molar-refractivity contribution in [3.63, 3.8) is 0 Å². The van der Waals surface area contributed by atoms with Gasteiger partial charge in [0.15, 0.2) is 0 Å². The van der Waals surface area contributed by atoms with Crippen LogP contribution >= 0.6 is 0 Å². The number of ketones is 1. The zero-order chi connectivity index (χ0) is 13.4. The second-order valence-electron chi connectivity index (χ2n) is 3.89. The van der Waals surface area contributed by atoms with Gasteiger partial charge in [-0.05, 0) is 13.0 Å². The minimum atomic E-state index is -0.622. The minimum absolute atomic E-state index is 0.147. The number of ether oxygens (including phenoxy) is 2. The Labute approximate surface area is 105 Å². The molecule has 1 atom stereocenters. The number of methoxy groups -OCH3 is 1. The van der Waals surface area contributed by atoms with Crippen molar-refractivity contribution in [2.45, 2.75) is 25.3 Å². The zero-order valence-electron chi connectivity index (χ0n) is 10.3. The molecule has 0 saturated carbocycles. The van der Waals surface area contributed by atoms with Crippen LogP contribution in [-0.4, -0.2) is 44.0 Å². The van der Waals surface area contributed by atoms with Gasteiger partial charge in [-0.25, -0.2) is 9.59 Å². The van der Waals surface area contributed by atoms with E-state index >= 15 is 0 Å². The maximum atomic E-state index is 11.4. The van der Waals surface area contributed by atoms with Crippen molar-refractivity contribution in [2.24, 2.45) is 0 Å². The fourth-order valence-electron chi connectivity index (χ4n) is 1.62. The standard InChI is InChI=1S/C12H17NO5/c1-17-11(15)4-5-12(16)18-8-6-9-10(14)3-2-7-13-9/h4-5,9,13H,2-3,6-8H2,1H3/b5-4+. The molecule has 0 aromatic carbocycles. The van der Waals surface area contributed by atoms with E-state index in [-0.39, 0.29) is 18.4 Å². The van der Waals surface area contributed by atoms with Gasteiger partial charge in [0, 0.05) is 25.0 Å². The van der Waals surface area contributed by atoms with Gasteiger partial charge in [0.1, 0.15) is 5.78 Å². The van der Waals surface area contributed by atoms with Crippen LogP contribution in [0.25, 0.3) is 0 Å². The average molecular weight is 255 g/mol. The van der Waals surface area contributed by atoms with Crippen molar-refractivity contribution in [2.75, 3.05) is 20.3 Å². The molecular weight excluding hydrogens is 238 g/mol. The van der Waals surface area contributed by atoms with Gasteiger partial charge in [-0.2, -0.15) is 0 Å². The fraction of sp³-hybridized carbons (Fsp3) is 0.583. The van der Waals surface area contributed by atoms with Crippen molar-refractivity contribution < 1.29 is 23.9 Å². The molecule has 0 aromatic heterocycles. The summed E-state index contributed by atoms with van der Waals surface area (Å²) >= 11 is 0. The molecule has 0 amide bonds. The molecule has 1 aliphatic heterocycles. The molecule has 1 aliphatic rings. The molecule has 1 heterocycles. The SMILES string of the molecule is COC(=O)/C=C/C(=O)OCCC1NCCCC1=O. The van der Waals surface area contributed by atoms with E-state index in [0.29, 0.717) is 12.8 Å². The summed E-state index contributed by atoms with van der Waals surface area (Å²) in [5, 5.41) is 3.07. The van der Waals surface area contributed by atoms with Gasteiger partial charge < -0.3 is 14.8 Å². The predicted molar refractivity (Wildman–Crippen MR) is 62.8 cm³/mol. The molecule has 0 aliphatic carbocycles. The molecule has 0 bridgehead atoms. The number of carbonyl (C=O) groups is 3. The fourth-order valence-corrected chi connectivity index (χ4v) is 1.62. The highest BCUT2D eigenvalue weighted by Crippen LogP contribution is 2.06. The molecule has 6 nitrogen and oxygen atoms in total. The van der Waals surface area contributed by atoms with Crippen molar-refractivity contribution >= 4 is 17.7 Å². The highest BCUT2D eigenvalue weighted by atomic mass is 16.5. The van der Waals surface area contributed by atoms with E-state index in [0.717, 1.165) is 25.1 Å². The summed E-state index contributed by atoms with van der Waals surface area (Å²) in [7, 11) is 1.22. The van der Waals surface area contributed by atoms with Crippen LogP contribution in [0.2, 0.25) is 0 Å². The summed E-state index contributed by atoms with van der Waals surface area (Å²) < 4.78 is 9.19. The zero-order valence-corrected chi connectivity index (χ0v) is 10.3. The lowest BCUT2D eigenvalue weighted by Crippen LogP contribution is -2.42. The Morgan fingerprint density at radius 2 is 2.11 bits per heavy atom. The first kappa shape index (κ1) is 14.4. The normalized spacial score (nSPS) is 19.8. The monoisotopic (exact) mass is 255 g/mol. The lowest BCUT2D eigenvalue weighted by Gasteiger charge is -2.21. The van der Waals surface area contributed by atoms with Crippen LogP contribution in [0, 0.1) is 0 Å². The minimum Gasteiger partial charge on any atom is -0.466 e. The molecule has 0 spiro atoms. The van der Waals surface area contributed by atoms with Gasteiger partial charge >= 0.3 is 11.9 Å². The van der Waals surface area contributed by atoms with E-state index in [1.54, 1.807) is 0 Å². The lowest BCUT2D eigenvalue weighted by atomic mass is 10.0. The number of carbonyl (C=O) groups excluding carboxylic acids is 3. The maximum absolute atomic E-state index is 11.4. The van der Waals surface area contributed by atoms with E-state index < -0.39 is 11.9 Å². The largest absolute Gasteiger partial charge is 0.466 e. The molecule has 0 aromatic rings. The summed E-state index contributed by atoms with van der Waals surface area (Å²) in [5.74, 6) is -1.08. The Bertz CT molecular complexity index is 350. The van der Waals surface area contributed by atoms with Crippen LogP contribution in [0.4, 0.5) is 0 Å². The summed E-state index contributed by atoms with van der Waals surface area (Å²) in [6.07, 6.45) is 3.88. The lowest BCUT2D eigenvalue weighted by molar-refractivity contribution is -0.140. The van der Waals surface area contributed by atoms with Crippen LogP contribution in [0.3, 0.4) is 0 Å². The van der Waals surface area contributed by atoms with Crippen molar-refractivity contribution in [3.05, 3.63) is 12.2 Å². The number of nitrogens with one attached hydrogen (secondary N) is 1. The number of esters is 2. The first-order valence-electron chi connectivity index (χ1n) is 5.82. The van der Waals surface area contributed by atoms with Crippen LogP contribution < -0.4 is 5.32 Å². The molecule has 1 rings (SSSR count). The molecular formula is C12H17NO5. The van der Waals surface area contributed by atoms with Crippen LogP contribution in [0.1, 0.15) is 19.3 Å². The third-order valence-corrected chi connectivity index (χ3v) is 2.59. The van der Waals surface area contributed by atoms with Gasteiger partial charge in [-0.1, -0.05) is 0 Å². The van der Waals surface area contributed by atoms with E-state index in [2.05, 4.69) is 10.1 Å². The third-order valence-electron chi connectivity index (χ3n) is 2.59. The van der Waals surface area contributed by atoms with Gasteiger partial charge in [-0.3, -0.25) is 4.79 Å². The Morgan fingerprint density at radius 3 is 2.78 bits per heavy atom. The number of Topliss-reactive ketones (excluding diaryl/α,β-unsaturated/α-hetero) is 1. The quantitative estimate of drug-likeness (QED) is 0.549. The van der Waals surface area contributed by atoms with Crippen molar-refractivity contribution in [3.8, 4) is 0 Å². The summed E-state index contributed by atoms with van der Waals surface area (Å²) in [6, 6.07) is -0.226. The average Bonchev–Trinajstić information content (AvgIpc) is 2.38. The molecule has 0 radical (unpaired) electrons. The van der Waals surface area contributed by atoms with Crippen LogP contribution in [-0.2, 0) is 23.9 Å². The second-order valence-corrected chi connectivity index (χ2v) is 3.89. The smallest absolute Gasteiger partial charge is 0.331 e. The first-order valence-corrected chi connectivity index (χ1v) is 5.82. The highest BCUT2D eigenvalue weighted by Gasteiger charge is 2.21. The van der Waals surface area contributed by atoms with E-state index in [4.69, 9.17) is 4.74 Å². The molecule has 1 N–H and O–H groups in total. The van der Waals surface area contributed by atoms with E-state index in [1.807, 2.05) is 0 Å². The topological polar surface area (TPSA) is 81.7 Å². The molecule has 1 unspecified atom stereocenters. The Balaban J connectivity index is 2.20. The third kappa shape index (κ3) is 5.09. The van der Waals surface area contributed by atoms with E-state index in [1.165, 1.54) is 7.11 Å². The van der Waals surface area contributed by atoms with Gasteiger partial charge in [0.05, 0.1) is 19.8 Å². The maximum Gasteiger partial charge on any atom is 0.331 e. The van der Waals surface area contributed by atoms with Gasteiger partial charge in [0.2, 0.25) is 0 Å². The number of rotatable bonds is 5. The number of hydrogen-bond donors (Lipinski definition) is 1. The second kappa shape index (κ2) is 7.60. The number of hydrogen-bond acceptors (Lipinski definition) is 6. The number of piperidine rings is 1. The Kier molecular flexibility index (Phi) is 6.07. The molecule has 1 fully saturated rings. The predicted octanol–water partition coefficient (Wildman–Crippen LogP) is -0.0300. The highest BCUT2D eigenvalue weighted by molar-refractivity contribution is 5.91. The molecule has 6 heteroatoms. The van der Waals surface area contributed by atoms with Gasteiger partial charge in [-0.15, -0.1) is 0 Å². The summed E-state index contributed by atoms with van der Waals surface area (Å²) in [6.45, 7) is 0.959. The Hall–Kier alpha value is -1.69. The van der Waals surface area contributed by atoms with Crippen LogP contribution in [0.15, 0.2) is 12.2 Å². The first-order chi connectivity index (χ1) is 8.63. The van der Waals surface area contributed by atoms with E-state index in [9.17, 15) is 14.4 Å². The Morgan fingerprint density at radius 1 is 1.39 bits per heavy atom. The van der Waals surface area contributed by atoms with Gasteiger partial charge in [0.25, 0.3) is 0 Å². The van der Waals surface area contributed by atoms with Crippen molar-refractivity contribution in [1.29, 1.82) is 0 Å².